The smallest absolute Gasteiger partial charge is 0.309 e. The van der Waals surface area contributed by atoms with Crippen molar-refractivity contribution >= 4 is 43.6 Å². The van der Waals surface area contributed by atoms with E-state index in [9.17, 15) is 65.9 Å². The molecule has 10 rings (SSSR count). The predicted molar refractivity (Wildman–Crippen MR) is 241 cm³/mol. The minimum absolute atomic E-state index is 0.00245. The van der Waals surface area contributed by atoms with Crippen LogP contribution in [0.5, 0.6) is 0 Å². The fourth-order valence-corrected chi connectivity index (χ4v) is 9.34. The number of nitrogens with zero attached hydrogens (tertiary/aromatic N) is 2. The maximum Gasteiger partial charge on any atom is 0.416 e. The highest BCUT2D eigenvalue weighted by atomic mass is 19.4. The van der Waals surface area contributed by atoms with E-state index >= 15 is 13.2 Å². The Bertz CT molecular complexity index is 3600. The number of hydrogen-bond acceptors (Lipinski definition) is 0. The van der Waals surface area contributed by atoms with Crippen molar-refractivity contribution in [3.05, 3.63) is 191 Å². The van der Waals surface area contributed by atoms with Crippen LogP contribution in [0.15, 0.2) is 158 Å². The Kier molecular flexibility index (Phi) is 11.3. The molecular weight excluding hydrogens is 1020 g/mol. The zero-order valence-electron chi connectivity index (χ0n) is 36.7. The number of aromatic nitrogens is 2. The summed E-state index contributed by atoms with van der Waals surface area (Å²) < 4.78 is 261. The lowest BCUT2D eigenvalue weighted by atomic mass is 9.96. The number of rotatable bonds is 5. The Morgan fingerprint density at radius 1 is 0.230 bits per heavy atom. The molecule has 0 aliphatic rings. The van der Waals surface area contributed by atoms with E-state index in [1.807, 2.05) is 0 Å². The molecule has 0 aliphatic carbocycles. The predicted octanol–water partition coefficient (Wildman–Crippen LogP) is 19.0. The number of alkyl halides is 18. The third-order valence-corrected chi connectivity index (χ3v) is 12.6. The molecular formula is C54H26F18N2. The van der Waals surface area contributed by atoms with Gasteiger partial charge in [-0.2, -0.15) is 79.0 Å². The first kappa shape index (κ1) is 49.7. The van der Waals surface area contributed by atoms with E-state index in [2.05, 4.69) is 0 Å². The van der Waals surface area contributed by atoms with Gasteiger partial charge in [0, 0.05) is 27.1 Å². The fourth-order valence-electron chi connectivity index (χ4n) is 9.34. The molecule has 2 aromatic heterocycles. The minimum atomic E-state index is -5.22. The summed E-state index contributed by atoms with van der Waals surface area (Å²) in [7, 11) is 0. The fraction of sp³-hybridized carbons (Fsp3) is 0.111. The molecule has 0 saturated carbocycles. The van der Waals surface area contributed by atoms with Crippen LogP contribution in [0.3, 0.4) is 0 Å². The van der Waals surface area contributed by atoms with Crippen LogP contribution in [-0.4, -0.2) is 9.13 Å². The molecule has 8 aromatic carbocycles. The molecule has 0 aliphatic heterocycles. The van der Waals surface area contributed by atoms with Crippen LogP contribution >= 0.6 is 0 Å². The molecule has 74 heavy (non-hydrogen) atoms. The van der Waals surface area contributed by atoms with Crippen LogP contribution in [0.25, 0.3) is 88.4 Å². The largest absolute Gasteiger partial charge is 0.416 e. The van der Waals surface area contributed by atoms with E-state index in [1.54, 1.807) is 0 Å². The molecule has 0 atom stereocenters. The van der Waals surface area contributed by atoms with Gasteiger partial charge in [-0.15, -0.1) is 0 Å². The molecule has 0 N–H and O–H groups in total. The third kappa shape index (κ3) is 8.82. The molecule has 0 unspecified atom stereocenters. The highest BCUT2D eigenvalue weighted by molar-refractivity contribution is 6.13. The van der Waals surface area contributed by atoms with Gasteiger partial charge in [0.25, 0.3) is 0 Å². The Labute approximate surface area is 403 Å². The second-order valence-corrected chi connectivity index (χ2v) is 17.2. The Balaban J connectivity index is 1.31. The summed E-state index contributed by atoms with van der Waals surface area (Å²) in [6.45, 7) is 0. The maximum absolute atomic E-state index is 15.5. The zero-order chi connectivity index (χ0) is 53.2. The average molecular weight is 1040 g/mol. The van der Waals surface area contributed by atoms with Crippen LogP contribution in [-0.2, 0) is 37.1 Å². The molecule has 378 valence electrons. The first-order chi connectivity index (χ1) is 34.5. The second kappa shape index (κ2) is 16.8. The lowest BCUT2D eigenvalue weighted by Crippen LogP contribution is -2.12. The van der Waals surface area contributed by atoms with Crippen molar-refractivity contribution in [2.24, 2.45) is 0 Å². The van der Waals surface area contributed by atoms with Crippen LogP contribution in [0, 0.1) is 0 Å². The number of halogens is 18. The van der Waals surface area contributed by atoms with Crippen LogP contribution in [0.1, 0.15) is 33.4 Å². The van der Waals surface area contributed by atoms with E-state index in [4.69, 9.17) is 0 Å². The van der Waals surface area contributed by atoms with E-state index in [-0.39, 0.29) is 78.0 Å². The van der Waals surface area contributed by atoms with Crippen LogP contribution < -0.4 is 0 Å². The molecule has 2 heterocycles. The molecule has 2 nitrogen and oxygen atoms in total. The summed E-state index contributed by atoms with van der Waals surface area (Å²) in [5.74, 6) is 0. The van der Waals surface area contributed by atoms with Crippen molar-refractivity contribution in [1.29, 1.82) is 0 Å². The quantitative estimate of drug-likeness (QED) is 0.152. The van der Waals surface area contributed by atoms with Crippen LogP contribution in [0.2, 0.25) is 0 Å². The van der Waals surface area contributed by atoms with Crippen molar-refractivity contribution in [2.45, 2.75) is 37.1 Å². The van der Waals surface area contributed by atoms with Crippen LogP contribution in [0.4, 0.5) is 79.0 Å². The van der Waals surface area contributed by atoms with E-state index in [0.29, 0.717) is 48.5 Å². The highest BCUT2D eigenvalue weighted by Gasteiger charge is 2.40. The Morgan fingerprint density at radius 3 is 0.919 bits per heavy atom. The summed E-state index contributed by atoms with van der Waals surface area (Å²) in [5.41, 5.74) is -11.8. The normalized spacial score (nSPS) is 13.3. The summed E-state index contributed by atoms with van der Waals surface area (Å²) in [5, 5.41) is 0.583. The molecule has 0 saturated heterocycles. The average Bonchev–Trinajstić information content (AvgIpc) is 3.84. The Hall–Kier alpha value is -7.90. The monoisotopic (exact) mass is 1040 g/mol. The third-order valence-electron chi connectivity index (χ3n) is 12.6. The number of fused-ring (bicyclic) bond motifs is 6. The summed E-state index contributed by atoms with van der Waals surface area (Å²) >= 11 is 0. The standard InChI is InChI=1S/C54H26F18N2/c55-49(56,57)32-7-5-6-29(16-32)48-46(73-42-10-3-1-8-38(42)40-21-27(12-14-44(40)73)30-17-33(50(58,59)60)23-34(18-30)51(61,62)63)25-37(54(70,71)72)26-47(48)74-43-11-4-2-9-39(43)41-22-28(13-15-45(41)74)31-19-35(52(64,65)66)24-36(20-31)53(67,68)69/h1-26H. The number of para-hydroxylation sites is 2. The van der Waals surface area contributed by atoms with Gasteiger partial charge in [0.15, 0.2) is 0 Å². The molecule has 10 aromatic rings. The highest BCUT2D eigenvalue weighted by Crippen LogP contribution is 2.48. The summed E-state index contributed by atoms with van der Waals surface area (Å²) in [4.78, 5) is 0. The second-order valence-electron chi connectivity index (χ2n) is 17.2. The van der Waals surface area contributed by atoms with Gasteiger partial charge in [-0.25, -0.2) is 0 Å². The molecule has 0 amide bonds. The van der Waals surface area contributed by atoms with E-state index in [0.717, 1.165) is 18.2 Å². The topological polar surface area (TPSA) is 9.86 Å². The van der Waals surface area contributed by atoms with Gasteiger partial charge in [-0.1, -0.05) is 60.7 Å². The molecule has 0 fully saturated rings. The van der Waals surface area contributed by atoms with E-state index < -0.39 is 92.9 Å². The molecule has 0 radical (unpaired) electrons. The minimum Gasteiger partial charge on any atom is -0.309 e. The molecule has 0 spiro atoms. The Morgan fingerprint density at radius 2 is 0.554 bits per heavy atom. The SMILES string of the molecule is FC(F)(F)c1cccc(-c2c(-n3c4ccccc4c4cc(-c5cc(C(F)(F)F)cc(C(F)(F)F)c5)ccc43)cc(C(F)(F)F)cc2-n2c3ccccc3c3cc(-c4cc(C(F)(F)F)cc(C(F)(F)F)c4)ccc32)c1. The van der Waals surface area contributed by atoms with Crippen molar-refractivity contribution < 1.29 is 79.0 Å². The summed E-state index contributed by atoms with van der Waals surface area (Å²) in [6.07, 6.45) is -31.1. The van der Waals surface area contributed by atoms with Gasteiger partial charge in [-0.05, 0) is 125 Å². The van der Waals surface area contributed by atoms with Gasteiger partial charge in [0.1, 0.15) is 0 Å². The lowest BCUT2D eigenvalue weighted by Gasteiger charge is -2.23. The van der Waals surface area contributed by atoms with Crippen molar-refractivity contribution in [1.82, 2.24) is 9.13 Å². The van der Waals surface area contributed by atoms with Crippen molar-refractivity contribution in [2.75, 3.05) is 0 Å². The zero-order valence-corrected chi connectivity index (χ0v) is 36.7. The molecule has 0 bridgehead atoms. The van der Waals surface area contributed by atoms with Gasteiger partial charge in [-0.3, -0.25) is 0 Å². The molecule has 20 heteroatoms. The van der Waals surface area contributed by atoms with Gasteiger partial charge < -0.3 is 9.13 Å². The number of benzene rings is 8. The number of hydrogen-bond donors (Lipinski definition) is 0. The maximum atomic E-state index is 15.5. The van der Waals surface area contributed by atoms with Crippen molar-refractivity contribution in [3.8, 4) is 44.8 Å². The van der Waals surface area contributed by atoms with Gasteiger partial charge >= 0.3 is 37.1 Å². The summed E-state index contributed by atoms with van der Waals surface area (Å²) in [6, 6.07) is 25.7. The lowest BCUT2D eigenvalue weighted by molar-refractivity contribution is -0.144. The van der Waals surface area contributed by atoms with Crippen molar-refractivity contribution in [3.63, 3.8) is 0 Å². The van der Waals surface area contributed by atoms with Gasteiger partial charge in [0.05, 0.1) is 66.8 Å². The first-order valence-corrected chi connectivity index (χ1v) is 21.6. The first-order valence-electron chi connectivity index (χ1n) is 21.6. The van der Waals surface area contributed by atoms with E-state index in [1.165, 1.54) is 88.0 Å². The van der Waals surface area contributed by atoms with Gasteiger partial charge in [0.2, 0.25) is 0 Å².